The molecule has 0 saturated carbocycles. The molecule has 1 atom stereocenters. The normalized spacial score (nSPS) is 18.3. The Kier molecular flexibility index (Phi) is 2.91. The van der Waals surface area contributed by atoms with Crippen LogP contribution < -0.4 is 10.1 Å². The van der Waals surface area contributed by atoms with Crippen molar-refractivity contribution < 1.29 is 14.3 Å². The molecule has 1 heterocycles. The summed E-state index contributed by atoms with van der Waals surface area (Å²) in [6.45, 7) is 0. The molecule has 2 aromatic carbocycles. The molecule has 0 aromatic heterocycles. The van der Waals surface area contributed by atoms with Crippen LogP contribution in [0.2, 0.25) is 0 Å². The summed E-state index contributed by atoms with van der Waals surface area (Å²) in [7, 11) is 0. The lowest BCUT2D eigenvalue weighted by molar-refractivity contribution is -0.137. The number of benzene rings is 2. The van der Waals surface area contributed by atoms with Gasteiger partial charge in [-0.05, 0) is 29.3 Å². The molecule has 96 valence electrons. The molecule has 19 heavy (non-hydrogen) atoms. The van der Waals surface area contributed by atoms with Gasteiger partial charge in [0.2, 0.25) is 5.91 Å². The van der Waals surface area contributed by atoms with E-state index in [1.807, 2.05) is 36.4 Å². The van der Waals surface area contributed by atoms with Crippen LogP contribution in [0, 0.1) is 0 Å². The van der Waals surface area contributed by atoms with Gasteiger partial charge in [-0.25, -0.2) is 4.79 Å². The van der Waals surface area contributed by atoms with Gasteiger partial charge < -0.3 is 10.1 Å². The standard InChI is InChI=1S/C15H13NO3/c17-14-8-7-13(16-14)15(18)19-12-6-5-10-3-1-2-4-11(10)9-12/h1-6,9,13H,7-8H2,(H,16,17)/t13-/m0/s1. The van der Waals surface area contributed by atoms with Gasteiger partial charge in [0.1, 0.15) is 11.8 Å². The minimum absolute atomic E-state index is 0.0968. The molecule has 2 aromatic rings. The van der Waals surface area contributed by atoms with Gasteiger partial charge in [-0.2, -0.15) is 0 Å². The first-order chi connectivity index (χ1) is 9.22. The summed E-state index contributed by atoms with van der Waals surface area (Å²) in [5.74, 6) is 0.00596. The van der Waals surface area contributed by atoms with E-state index in [9.17, 15) is 9.59 Å². The SMILES string of the molecule is O=C1CC[C@@H](C(=O)Oc2ccc3ccccc3c2)N1. The smallest absolute Gasteiger partial charge is 0.334 e. The molecule has 4 nitrogen and oxygen atoms in total. The number of fused-ring (bicyclic) bond motifs is 1. The zero-order valence-electron chi connectivity index (χ0n) is 10.3. The van der Waals surface area contributed by atoms with Crippen molar-refractivity contribution in [3.05, 3.63) is 42.5 Å². The lowest BCUT2D eigenvalue weighted by atomic mass is 10.1. The number of carbonyl (C=O) groups is 2. The van der Waals surface area contributed by atoms with Gasteiger partial charge in [0, 0.05) is 6.42 Å². The second-order valence-electron chi connectivity index (χ2n) is 4.59. The molecular formula is C15H13NO3. The van der Waals surface area contributed by atoms with E-state index in [1.54, 1.807) is 6.07 Å². The van der Waals surface area contributed by atoms with E-state index < -0.39 is 12.0 Å². The Morgan fingerprint density at radius 3 is 2.68 bits per heavy atom. The minimum atomic E-state index is -0.515. The molecule has 1 amide bonds. The van der Waals surface area contributed by atoms with Crippen LogP contribution in [0.4, 0.5) is 0 Å². The van der Waals surface area contributed by atoms with Crippen LogP contribution in [0.3, 0.4) is 0 Å². The fraction of sp³-hybridized carbons (Fsp3) is 0.200. The largest absolute Gasteiger partial charge is 0.425 e. The van der Waals surface area contributed by atoms with E-state index in [0.29, 0.717) is 18.6 Å². The molecule has 4 heteroatoms. The van der Waals surface area contributed by atoms with E-state index in [4.69, 9.17) is 4.74 Å². The summed E-state index contributed by atoms with van der Waals surface area (Å²) in [5.41, 5.74) is 0. The Hall–Kier alpha value is -2.36. The second-order valence-corrected chi connectivity index (χ2v) is 4.59. The van der Waals surface area contributed by atoms with Crippen LogP contribution >= 0.6 is 0 Å². The highest BCUT2D eigenvalue weighted by molar-refractivity contribution is 5.90. The van der Waals surface area contributed by atoms with Crippen LogP contribution in [0.5, 0.6) is 5.75 Å². The van der Waals surface area contributed by atoms with Gasteiger partial charge in [0.25, 0.3) is 0 Å². The number of amides is 1. The van der Waals surface area contributed by atoms with Crippen molar-refractivity contribution >= 4 is 22.6 Å². The number of carbonyl (C=O) groups excluding carboxylic acids is 2. The van der Waals surface area contributed by atoms with Crippen LogP contribution in [-0.4, -0.2) is 17.9 Å². The maximum atomic E-state index is 11.9. The van der Waals surface area contributed by atoms with E-state index in [0.717, 1.165) is 10.8 Å². The van der Waals surface area contributed by atoms with Crippen molar-refractivity contribution in [2.75, 3.05) is 0 Å². The Labute approximate surface area is 110 Å². The lowest BCUT2D eigenvalue weighted by Gasteiger charge is -2.10. The van der Waals surface area contributed by atoms with Crippen LogP contribution in [0.1, 0.15) is 12.8 Å². The highest BCUT2D eigenvalue weighted by Gasteiger charge is 2.28. The average molecular weight is 255 g/mol. The summed E-state index contributed by atoms with van der Waals surface area (Å²) in [4.78, 5) is 22.9. The molecule has 1 fully saturated rings. The zero-order valence-corrected chi connectivity index (χ0v) is 10.3. The van der Waals surface area contributed by atoms with Gasteiger partial charge in [-0.1, -0.05) is 30.3 Å². The van der Waals surface area contributed by atoms with Crippen LogP contribution in [-0.2, 0) is 9.59 Å². The number of esters is 1. The van der Waals surface area contributed by atoms with E-state index in [2.05, 4.69) is 5.32 Å². The Bertz CT molecular complexity index is 651. The molecule has 0 unspecified atom stereocenters. The molecule has 0 radical (unpaired) electrons. The summed E-state index contributed by atoms with van der Waals surface area (Å²) in [5, 5.41) is 4.71. The fourth-order valence-electron chi connectivity index (χ4n) is 2.21. The third kappa shape index (κ3) is 2.42. The van der Waals surface area contributed by atoms with Gasteiger partial charge >= 0.3 is 5.97 Å². The van der Waals surface area contributed by atoms with Crippen molar-refractivity contribution in [3.8, 4) is 5.75 Å². The van der Waals surface area contributed by atoms with Gasteiger partial charge in [0.15, 0.2) is 0 Å². The van der Waals surface area contributed by atoms with Crippen molar-refractivity contribution in [1.82, 2.24) is 5.32 Å². The predicted molar refractivity (Wildman–Crippen MR) is 70.7 cm³/mol. The summed E-state index contributed by atoms with van der Waals surface area (Å²) in [6, 6.07) is 12.8. The maximum absolute atomic E-state index is 11.9. The van der Waals surface area contributed by atoms with Crippen LogP contribution in [0.25, 0.3) is 10.8 Å². The first kappa shape index (κ1) is 11.7. The van der Waals surface area contributed by atoms with Crippen LogP contribution in [0.15, 0.2) is 42.5 Å². The third-order valence-corrected chi connectivity index (χ3v) is 3.22. The molecule has 3 rings (SSSR count). The van der Waals surface area contributed by atoms with Crippen molar-refractivity contribution in [3.63, 3.8) is 0 Å². The van der Waals surface area contributed by atoms with Crippen molar-refractivity contribution in [2.45, 2.75) is 18.9 Å². The van der Waals surface area contributed by atoms with E-state index in [-0.39, 0.29) is 5.91 Å². The number of ether oxygens (including phenoxy) is 1. The van der Waals surface area contributed by atoms with Crippen molar-refractivity contribution in [1.29, 1.82) is 0 Å². The number of hydrogen-bond donors (Lipinski definition) is 1. The fourth-order valence-corrected chi connectivity index (χ4v) is 2.21. The molecule has 0 spiro atoms. The topological polar surface area (TPSA) is 55.4 Å². The molecule has 1 N–H and O–H groups in total. The average Bonchev–Trinajstić information content (AvgIpc) is 2.85. The first-order valence-electron chi connectivity index (χ1n) is 6.22. The Balaban J connectivity index is 1.77. The Morgan fingerprint density at radius 1 is 1.16 bits per heavy atom. The molecule has 1 aliphatic rings. The summed E-state index contributed by atoms with van der Waals surface area (Å²) < 4.78 is 5.30. The number of nitrogens with one attached hydrogen (secondary N) is 1. The predicted octanol–water partition coefficient (Wildman–Crippen LogP) is 2.02. The molecule has 0 aliphatic carbocycles. The van der Waals surface area contributed by atoms with Gasteiger partial charge in [-0.3, -0.25) is 4.79 Å². The molecule has 0 bridgehead atoms. The first-order valence-corrected chi connectivity index (χ1v) is 6.22. The molecule has 1 aliphatic heterocycles. The maximum Gasteiger partial charge on any atom is 0.334 e. The quantitative estimate of drug-likeness (QED) is 0.660. The number of rotatable bonds is 2. The second kappa shape index (κ2) is 4.72. The molecule has 1 saturated heterocycles. The third-order valence-electron chi connectivity index (χ3n) is 3.22. The highest BCUT2D eigenvalue weighted by atomic mass is 16.5. The van der Waals surface area contributed by atoms with Gasteiger partial charge in [0.05, 0.1) is 0 Å². The van der Waals surface area contributed by atoms with E-state index in [1.165, 1.54) is 0 Å². The zero-order chi connectivity index (χ0) is 13.2. The Morgan fingerprint density at radius 2 is 1.95 bits per heavy atom. The van der Waals surface area contributed by atoms with Gasteiger partial charge in [-0.15, -0.1) is 0 Å². The highest BCUT2D eigenvalue weighted by Crippen LogP contribution is 2.21. The number of hydrogen-bond acceptors (Lipinski definition) is 3. The van der Waals surface area contributed by atoms with Crippen molar-refractivity contribution in [2.24, 2.45) is 0 Å². The summed E-state index contributed by atoms with van der Waals surface area (Å²) in [6.07, 6.45) is 0.892. The minimum Gasteiger partial charge on any atom is -0.425 e. The monoisotopic (exact) mass is 255 g/mol. The van der Waals surface area contributed by atoms with E-state index >= 15 is 0 Å². The summed E-state index contributed by atoms with van der Waals surface area (Å²) >= 11 is 0. The lowest BCUT2D eigenvalue weighted by Crippen LogP contribution is -2.36. The molecular weight excluding hydrogens is 242 g/mol.